The molecule has 1 heterocycles. The van der Waals surface area contributed by atoms with Crippen LogP contribution in [0, 0.1) is 5.82 Å². The average Bonchev–Trinajstić information content (AvgIpc) is 2.48. The lowest BCUT2D eigenvalue weighted by molar-refractivity contribution is 0.626. The molecule has 3 heteroatoms. The van der Waals surface area contributed by atoms with Crippen LogP contribution < -0.4 is 0 Å². The third-order valence-corrected chi connectivity index (χ3v) is 4.18. The van der Waals surface area contributed by atoms with Gasteiger partial charge >= 0.3 is 0 Å². The molecule has 0 aliphatic rings. The number of para-hydroxylation sites is 1. The molecule has 100 valence electrons. The molecule has 3 rings (SSSR count). The van der Waals surface area contributed by atoms with Crippen molar-refractivity contribution in [3.63, 3.8) is 0 Å². The molecule has 0 saturated carbocycles. The molecule has 0 spiro atoms. The number of benzene rings is 2. The summed E-state index contributed by atoms with van der Waals surface area (Å²) in [5.74, 6) is 1.51. The molecule has 0 aliphatic heterocycles. The Balaban J connectivity index is 1.71. The number of nitrogens with zero attached hydrogens (tertiary/aromatic N) is 1. The number of hydrogen-bond donors (Lipinski definition) is 0. The number of fused-ring (bicyclic) bond motifs is 1. The largest absolute Gasteiger partial charge is 0.256 e. The van der Waals surface area contributed by atoms with E-state index in [4.69, 9.17) is 0 Å². The van der Waals surface area contributed by atoms with Gasteiger partial charge in [0.2, 0.25) is 0 Å². The van der Waals surface area contributed by atoms with Gasteiger partial charge in [0.05, 0.1) is 5.52 Å². The minimum Gasteiger partial charge on any atom is -0.256 e. The van der Waals surface area contributed by atoms with Crippen LogP contribution in [0.1, 0.15) is 11.1 Å². The molecule has 0 N–H and O–H groups in total. The third kappa shape index (κ3) is 2.99. The van der Waals surface area contributed by atoms with Crippen LogP contribution in [0.2, 0.25) is 0 Å². The second kappa shape index (κ2) is 6.06. The maximum atomic E-state index is 13.1. The smallest absolute Gasteiger partial charge is 0.123 e. The van der Waals surface area contributed by atoms with Crippen molar-refractivity contribution in [1.82, 2.24) is 4.98 Å². The first-order valence-corrected chi connectivity index (χ1v) is 7.63. The molecule has 1 aromatic heterocycles. The Morgan fingerprint density at radius 3 is 2.70 bits per heavy atom. The Morgan fingerprint density at radius 2 is 1.80 bits per heavy atom. The molecule has 0 unspecified atom stereocenters. The van der Waals surface area contributed by atoms with E-state index in [9.17, 15) is 4.39 Å². The molecule has 0 atom stereocenters. The number of rotatable bonds is 4. The van der Waals surface area contributed by atoms with Crippen LogP contribution in [0.5, 0.6) is 0 Å². The van der Waals surface area contributed by atoms with Crippen LogP contribution >= 0.6 is 11.8 Å². The number of thioether (sulfide) groups is 1. The van der Waals surface area contributed by atoms with E-state index in [0.717, 1.165) is 28.0 Å². The third-order valence-electron chi connectivity index (χ3n) is 3.13. The topological polar surface area (TPSA) is 12.9 Å². The molecule has 1 nitrogen and oxygen atoms in total. The van der Waals surface area contributed by atoms with Crippen molar-refractivity contribution < 1.29 is 4.39 Å². The van der Waals surface area contributed by atoms with Crippen LogP contribution in [-0.4, -0.2) is 4.98 Å². The van der Waals surface area contributed by atoms with Gasteiger partial charge in [0.25, 0.3) is 0 Å². The van der Waals surface area contributed by atoms with Gasteiger partial charge in [0.15, 0.2) is 0 Å². The van der Waals surface area contributed by atoms with Gasteiger partial charge in [-0.05, 0) is 29.3 Å². The van der Waals surface area contributed by atoms with Crippen molar-refractivity contribution in [1.29, 1.82) is 0 Å². The van der Waals surface area contributed by atoms with Crippen molar-refractivity contribution in [3.8, 4) is 0 Å². The summed E-state index contributed by atoms with van der Waals surface area (Å²) in [7, 11) is 0. The molecule has 2 aromatic carbocycles. The summed E-state index contributed by atoms with van der Waals surface area (Å²) < 4.78 is 13.1. The second-order valence-electron chi connectivity index (χ2n) is 4.61. The van der Waals surface area contributed by atoms with Crippen LogP contribution in [0.15, 0.2) is 60.8 Å². The minimum atomic E-state index is -0.171. The monoisotopic (exact) mass is 283 g/mol. The van der Waals surface area contributed by atoms with Crippen LogP contribution in [0.4, 0.5) is 4.39 Å². The molecule has 3 aromatic rings. The Labute approximate surface area is 121 Å². The average molecular weight is 283 g/mol. The van der Waals surface area contributed by atoms with Crippen molar-refractivity contribution in [2.45, 2.75) is 11.5 Å². The molecule has 0 aliphatic carbocycles. The molecule has 0 radical (unpaired) electrons. The summed E-state index contributed by atoms with van der Waals surface area (Å²) in [5.41, 5.74) is 3.30. The van der Waals surface area contributed by atoms with Gasteiger partial charge in [-0.25, -0.2) is 4.39 Å². The van der Waals surface area contributed by atoms with E-state index in [1.807, 2.05) is 18.3 Å². The van der Waals surface area contributed by atoms with Gasteiger partial charge in [0, 0.05) is 23.1 Å². The quantitative estimate of drug-likeness (QED) is 0.681. The molecule has 0 bridgehead atoms. The highest BCUT2D eigenvalue weighted by molar-refractivity contribution is 7.97. The summed E-state index contributed by atoms with van der Waals surface area (Å²) in [6.07, 6.45) is 1.82. The number of hydrogen-bond acceptors (Lipinski definition) is 2. The number of aromatic nitrogens is 1. The standard InChI is InChI=1S/C17H14FNS/c18-16-8-1-4-13(10-16)11-20-12-15-6-2-5-14-7-3-9-19-17(14)15/h1-10H,11-12H2. The zero-order valence-electron chi connectivity index (χ0n) is 10.9. The van der Waals surface area contributed by atoms with E-state index in [-0.39, 0.29) is 5.82 Å². The Morgan fingerprint density at radius 1 is 0.950 bits per heavy atom. The summed E-state index contributed by atoms with van der Waals surface area (Å²) in [6, 6.07) is 17.0. The van der Waals surface area contributed by atoms with E-state index in [1.54, 1.807) is 23.9 Å². The van der Waals surface area contributed by atoms with E-state index in [2.05, 4.69) is 29.2 Å². The predicted molar refractivity (Wildman–Crippen MR) is 83.1 cm³/mol. The SMILES string of the molecule is Fc1cccc(CSCc2cccc3cccnc23)c1. The van der Waals surface area contributed by atoms with Gasteiger partial charge in [-0.15, -0.1) is 0 Å². The van der Waals surface area contributed by atoms with Crippen LogP contribution in [0.25, 0.3) is 10.9 Å². The van der Waals surface area contributed by atoms with Crippen molar-refractivity contribution >= 4 is 22.7 Å². The Bertz CT molecular complexity index is 722. The molecule has 0 fully saturated rings. The number of halogens is 1. The van der Waals surface area contributed by atoms with E-state index < -0.39 is 0 Å². The van der Waals surface area contributed by atoms with Crippen molar-refractivity contribution in [2.24, 2.45) is 0 Å². The second-order valence-corrected chi connectivity index (χ2v) is 5.60. The first-order valence-electron chi connectivity index (χ1n) is 6.48. The summed E-state index contributed by atoms with van der Waals surface area (Å²) in [4.78, 5) is 4.45. The highest BCUT2D eigenvalue weighted by Crippen LogP contribution is 2.23. The highest BCUT2D eigenvalue weighted by atomic mass is 32.2. The van der Waals surface area contributed by atoms with Crippen LogP contribution in [-0.2, 0) is 11.5 Å². The Hall–Kier alpha value is -1.87. The lowest BCUT2D eigenvalue weighted by atomic mass is 10.1. The highest BCUT2D eigenvalue weighted by Gasteiger charge is 2.02. The normalized spacial score (nSPS) is 10.8. The van der Waals surface area contributed by atoms with Gasteiger partial charge in [-0.3, -0.25) is 4.98 Å². The summed E-state index contributed by atoms with van der Waals surface area (Å²) >= 11 is 1.78. The molecular weight excluding hydrogens is 269 g/mol. The van der Waals surface area contributed by atoms with E-state index >= 15 is 0 Å². The van der Waals surface area contributed by atoms with E-state index in [1.165, 1.54) is 11.6 Å². The Kier molecular flexibility index (Phi) is 3.97. The van der Waals surface area contributed by atoms with Gasteiger partial charge in [0.1, 0.15) is 5.82 Å². The predicted octanol–water partition coefficient (Wildman–Crippen LogP) is 4.81. The van der Waals surface area contributed by atoms with Crippen molar-refractivity contribution in [2.75, 3.05) is 0 Å². The molecule has 0 amide bonds. The van der Waals surface area contributed by atoms with Gasteiger partial charge in [-0.2, -0.15) is 11.8 Å². The first kappa shape index (κ1) is 13.1. The fraction of sp³-hybridized carbons (Fsp3) is 0.118. The fourth-order valence-electron chi connectivity index (χ4n) is 2.19. The lowest BCUT2D eigenvalue weighted by Crippen LogP contribution is -1.88. The number of pyridine rings is 1. The summed E-state index contributed by atoms with van der Waals surface area (Å²) in [5, 5.41) is 1.16. The van der Waals surface area contributed by atoms with Crippen LogP contribution in [0.3, 0.4) is 0 Å². The molecule has 20 heavy (non-hydrogen) atoms. The molecular formula is C17H14FNS. The lowest BCUT2D eigenvalue weighted by Gasteiger charge is -2.06. The minimum absolute atomic E-state index is 0.171. The molecule has 0 saturated heterocycles. The fourth-order valence-corrected chi connectivity index (χ4v) is 3.16. The maximum absolute atomic E-state index is 13.1. The van der Waals surface area contributed by atoms with Crippen molar-refractivity contribution in [3.05, 3.63) is 77.7 Å². The van der Waals surface area contributed by atoms with E-state index in [0.29, 0.717) is 0 Å². The summed E-state index contributed by atoms with van der Waals surface area (Å²) in [6.45, 7) is 0. The zero-order valence-corrected chi connectivity index (χ0v) is 11.7. The zero-order chi connectivity index (χ0) is 13.8. The van der Waals surface area contributed by atoms with Gasteiger partial charge < -0.3 is 0 Å². The first-order chi connectivity index (χ1) is 9.83. The maximum Gasteiger partial charge on any atom is 0.123 e. The van der Waals surface area contributed by atoms with Gasteiger partial charge in [-0.1, -0.05) is 36.4 Å².